The number of benzene rings is 1. The summed E-state index contributed by atoms with van der Waals surface area (Å²) in [6, 6.07) is 6.86. The molecule has 2 aromatic heterocycles. The molecular formula is C28H27Cl2F3N6O2S. The van der Waals surface area contributed by atoms with Crippen molar-refractivity contribution < 1.29 is 22.8 Å². The summed E-state index contributed by atoms with van der Waals surface area (Å²) in [6.45, 7) is 3.96. The Balaban J connectivity index is 1.63. The van der Waals surface area contributed by atoms with Crippen LogP contribution in [0.15, 0.2) is 76.8 Å². The molecule has 3 N–H and O–H groups in total. The van der Waals surface area contributed by atoms with Gasteiger partial charge in [-0.1, -0.05) is 36.2 Å². The fourth-order valence-electron chi connectivity index (χ4n) is 3.36. The van der Waals surface area contributed by atoms with E-state index in [2.05, 4.69) is 30.9 Å². The maximum Gasteiger partial charge on any atom is 0.417 e. The Morgan fingerprint density at radius 3 is 2.60 bits per heavy atom. The van der Waals surface area contributed by atoms with Crippen LogP contribution in [0.25, 0.3) is 0 Å². The molecule has 2 amide bonds. The maximum atomic E-state index is 13.1. The Labute approximate surface area is 254 Å². The van der Waals surface area contributed by atoms with Gasteiger partial charge in [-0.25, -0.2) is 4.98 Å². The zero-order chi connectivity index (χ0) is 30.7. The lowest BCUT2D eigenvalue weighted by Gasteiger charge is -2.11. The molecule has 0 atom stereocenters. The fourth-order valence-corrected chi connectivity index (χ4v) is 4.53. The number of alkyl halides is 3. The van der Waals surface area contributed by atoms with Crippen molar-refractivity contribution in [1.82, 2.24) is 20.6 Å². The molecule has 0 radical (unpaired) electrons. The number of nitrogens with one attached hydrogen (secondary N) is 3. The number of amidine groups is 1. The summed E-state index contributed by atoms with van der Waals surface area (Å²) in [5.74, 6) is -0.782. The zero-order valence-corrected chi connectivity index (χ0v) is 24.9. The summed E-state index contributed by atoms with van der Waals surface area (Å²) in [5.41, 5.74) is 0.142. The number of aliphatic imine (C=N–C) groups is 1. The monoisotopic (exact) mass is 638 g/mol. The van der Waals surface area contributed by atoms with Gasteiger partial charge in [-0.3, -0.25) is 19.6 Å². The molecule has 14 heteroatoms. The highest BCUT2D eigenvalue weighted by molar-refractivity contribution is 7.13. The lowest BCUT2D eigenvalue weighted by Crippen LogP contribution is -2.27. The number of pyridine rings is 1. The molecule has 8 nitrogen and oxygen atoms in total. The first kappa shape index (κ1) is 32.8. The van der Waals surface area contributed by atoms with Crippen molar-refractivity contribution in [3.63, 3.8) is 0 Å². The number of halogens is 5. The Kier molecular flexibility index (Phi) is 12.1. The average Bonchev–Trinajstić information content (AvgIpc) is 3.45. The molecule has 0 aliphatic carbocycles. The number of carbonyl (C=O) groups excluding carboxylic acids is 2. The summed E-state index contributed by atoms with van der Waals surface area (Å²) >= 11 is 13.2. The van der Waals surface area contributed by atoms with Gasteiger partial charge in [0.25, 0.3) is 5.91 Å². The molecule has 0 bridgehead atoms. The fraction of sp³-hybridized carbons (Fsp3) is 0.250. The number of nitrogens with zero attached hydrogens (tertiary/aromatic N) is 3. The molecular weight excluding hydrogens is 612 g/mol. The van der Waals surface area contributed by atoms with E-state index in [1.807, 2.05) is 25.1 Å². The molecule has 222 valence electrons. The number of rotatable bonds is 11. The third kappa shape index (κ3) is 9.68. The number of hydrogen-bond acceptors (Lipinski definition) is 6. The van der Waals surface area contributed by atoms with Gasteiger partial charge in [0.15, 0.2) is 0 Å². The van der Waals surface area contributed by atoms with Crippen molar-refractivity contribution in [1.29, 1.82) is 0 Å². The first-order valence-electron chi connectivity index (χ1n) is 12.6. The van der Waals surface area contributed by atoms with Crippen LogP contribution in [0.2, 0.25) is 5.02 Å². The quantitative estimate of drug-likeness (QED) is 0.122. The van der Waals surface area contributed by atoms with E-state index in [9.17, 15) is 22.8 Å². The SMILES string of the molecule is CC/C=C/NC(=NCCc1ccncc1)/C(Cl)=C(\C)C(=O)NCc1ncc(C(=O)Nc2ccc(Cl)c(C(F)(F)F)c2)s1. The summed E-state index contributed by atoms with van der Waals surface area (Å²) in [6.07, 6.45) is 5.04. The van der Waals surface area contributed by atoms with Crippen molar-refractivity contribution in [2.75, 3.05) is 11.9 Å². The van der Waals surface area contributed by atoms with Crippen LogP contribution in [0.3, 0.4) is 0 Å². The molecule has 3 aromatic rings. The number of aromatic nitrogens is 2. The topological polar surface area (TPSA) is 108 Å². The Hall–Kier alpha value is -3.74. The molecule has 0 unspecified atom stereocenters. The van der Waals surface area contributed by atoms with Crippen LogP contribution in [0.4, 0.5) is 18.9 Å². The van der Waals surface area contributed by atoms with Crippen molar-refractivity contribution in [2.24, 2.45) is 4.99 Å². The molecule has 0 aliphatic heterocycles. The summed E-state index contributed by atoms with van der Waals surface area (Å²) < 4.78 is 39.3. The minimum Gasteiger partial charge on any atom is -0.346 e. The second kappa shape index (κ2) is 15.5. The Morgan fingerprint density at radius 1 is 1.17 bits per heavy atom. The lowest BCUT2D eigenvalue weighted by atomic mass is 10.2. The van der Waals surface area contributed by atoms with Gasteiger partial charge in [0.1, 0.15) is 15.7 Å². The Bertz CT molecular complexity index is 1490. The smallest absolute Gasteiger partial charge is 0.346 e. The predicted molar refractivity (Wildman–Crippen MR) is 160 cm³/mol. The molecule has 0 aliphatic rings. The summed E-state index contributed by atoms with van der Waals surface area (Å²) in [7, 11) is 0. The van der Waals surface area contributed by atoms with Crippen molar-refractivity contribution in [3.8, 4) is 0 Å². The van der Waals surface area contributed by atoms with Crippen molar-refractivity contribution in [3.05, 3.63) is 97.8 Å². The molecule has 0 fully saturated rings. The van der Waals surface area contributed by atoms with E-state index in [1.165, 1.54) is 12.3 Å². The predicted octanol–water partition coefficient (Wildman–Crippen LogP) is 6.75. The van der Waals surface area contributed by atoms with Crippen LogP contribution >= 0.6 is 34.5 Å². The van der Waals surface area contributed by atoms with Crippen molar-refractivity contribution in [2.45, 2.75) is 39.4 Å². The van der Waals surface area contributed by atoms with E-state index in [0.717, 1.165) is 35.5 Å². The first-order valence-corrected chi connectivity index (χ1v) is 14.2. The largest absolute Gasteiger partial charge is 0.417 e. The zero-order valence-electron chi connectivity index (χ0n) is 22.6. The van der Waals surface area contributed by atoms with Gasteiger partial charge >= 0.3 is 6.18 Å². The van der Waals surface area contributed by atoms with Crippen LogP contribution < -0.4 is 16.0 Å². The highest BCUT2D eigenvalue weighted by Gasteiger charge is 2.33. The number of amides is 2. The van der Waals surface area contributed by atoms with Gasteiger partial charge in [-0.15, -0.1) is 11.3 Å². The third-order valence-electron chi connectivity index (χ3n) is 5.58. The molecule has 0 spiro atoms. The maximum absolute atomic E-state index is 13.1. The lowest BCUT2D eigenvalue weighted by molar-refractivity contribution is -0.137. The van der Waals surface area contributed by atoms with Crippen LogP contribution in [0, 0.1) is 0 Å². The highest BCUT2D eigenvalue weighted by atomic mass is 35.5. The van der Waals surface area contributed by atoms with Gasteiger partial charge in [0.2, 0.25) is 5.91 Å². The number of thiazole rings is 1. The van der Waals surface area contributed by atoms with Gasteiger partial charge in [0, 0.05) is 30.2 Å². The number of allylic oxidation sites excluding steroid dienone is 1. The van der Waals surface area contributed by atoms with E-state index in [4.69, 9.17) is 23.2 Å². The van der Waals surface area contributed by atoms with Crippen LogP contribution in [0.1, 0.15) is 46.1 Å². The molecule has 42 heavy (non-hydrogen) atoms. The Morgan fingerprint density at radius 2 is 1.90 bits per heavy atom. The van der Waals surface area contributed by atoms with E-state index < -0.39 is 28.6 Å². The molecule has 0 saturated heterocycles. The van der Waals surface area contributed by atoms with Gasteiger partial charge in [-0.2, -0.15) is 13.2 Å². The van der Waals surface area contributed by atoms with E-state index in [1.54, 1.807) is 25.5 Å². The minimum absolute atomic E-state index is 0.00482. The molecule has 3 rings (SSSR count). The summed E-state index contributed by atoms with van der Waals surface area (Å²) in [5, 5.41) is 8.20. The highest BCUT2D eigenvalue weighted by Crippen LogP contribution is 2.36. The standard InChI is InChI=1S/C28H27Cl2F3N6O2S/c1-3-4-10-35-25(36-13-9-18-7-11-34-12-8-18)24(30)17(2)26(40)38-16-23-37-15-22(42-23)27(41)39-19-5-6-21(29)20(14-19)28(31,32)33/h4-8,10-12,14-15H,3,9,13,16H2,1-2H3,(H,35,36)(H,38,40)(H,39,41)/b10-4+,24-17-. The van der Waals surface area contributed by atoms with Crippen LogP contribution in [-0.4, -0.2) is 34.2 Å². The van der Waals surface area contributed by atoms with E-state index >= 15 is 0 Å². The number of anilines is 1. The van der Waals surface area contributed by atoms with Crippen LogP contribution in [0.5, 0.6) is 0 Å². The molecule has 2 heterocycles. The number of hydrogen-bond donors (Lipinski definition) is 3. The van der Waals surface area contributed by atoms with Gasteiger partial charge in [-0.05, 0) is 61.9 Å². The minimum atomic E-state index is -4.67. The second-order valence-electron chi connectivity index (χ2n) is 8.68. The van der Waals surface area contributed by atoms with E-state index in [0.29, 0.717) is 23.8 Å². The second-order valence-corrected chi connectivity index (χ2v) is 10.6. The van der Waals surface area contributed by atoms with Gasteiger partial charge < -0.3 is 16.0 Å². The van der Waals surface area contributed by atoms with E-state index in [-0.39, 0.29) is 27.7 Å². The average molecular weight is 640 g/mol. The normalized spacial score (nSPS) is 12.7. The summed E-state index contributed by atoms with van der Waals surface area (Å²) in [4.78, 5) is 38.2. The van der Waals surface area contributed by atoms with Gasteiger partial charge in [0.05, 0.1) is 28.4 Å². The first-order chi connectivity index (χ1) is 20.0. The molecule has 0 saturated carbocycles. The van der Waals surface area contributed by atoms with Crippen molar-refractivity contribution >= 4 is 57.9 Å². The third-order valence-corrected chi connectivity index (χ3v) is 7.37. The number of carbonyl (C=O) groups is 2. The molecule has 1 aromatic carbocycles. The van der Waals surface area contributed by atoms with Crippen LogP contribution in [-0.2, 0) is 23.9 Å².